The number of halogens is 2. The van der Waals surface area contributed by atoms with Crippen molar-refractivity contribution >= 4 is 28.6 Å². The van der Waals surface area contributed by atoms with Crippen LogP contribution < -0.4 is 11.0 Å². The fourth-order valence-electron chi connectivity index (χ4n) is 2.54. The highest BCUT2D eigenvalue weighted by molar-refractivity contribution is 7.16. The van der Waals surface area contributed by atoms with E-state index in [1.54, 1.807) is 13.1 Å². The van der Waals surface area contributed by atoms with Crippen molar-refractivity contribution in [3.63, 3.8) is 0 Å². The number of aromatic nitrogens is 5. The molecule has 1 fully saturated rings. The van der Waals surface area contributed by atoms with Gasteiger partial charge in [-0.05, 0) is 6.92 Å². The number of aryl methyl sites for hydroxylation is 1. The molecule has 0 radical (unpaired) electrons. The van der Waals surface area contributed by atoms with Crippen LogP contribution in [0.25, 0.3) is 5.13 Å². The first-order valence-corrected chi connectivity index (χ1v) is 9.71. The van der Waals surface area contributed by atoms with Gasteiger partial charge in [0, 0.05) is 23.9 Å². The van der Waals surface area contributed by atoms with Crippen molar-refractivity contribution < 1.29 is 13.6 Å². The second-order valence-electron chi connectivity index (χ2n) is 6.15. The summed E-state index contributed by atoms with van der Waals surface area (Å²) in [4.78, 5) is 33.5. The van der Waals surface area contributed by atoms with E-state index in [0.29, 0.717) is 17.1 Å². The van der Waals surface area contributed by atoms with Gasteiger partial charge in [0.2, 0.25) is 0 Å². The normalized spacial score (nSPS) is 17.8. The number of hydrogen-bond acceptors (Lipinski definition) is 7. The van der Waals surface area contributed by atoms with Crippen LogP contribution in [-0.4, -0.2) is 36.1 Å². The fraction of sp³-hybridized carbons (Fsp3) is 0.400. The highest BCUT2D eigenvalue weighted by Gasteiger charge is 2.57. The van der Waals surface area contributed by atoms with Gasteiger partial charge in [-0.15, -0.1) is 11.3 Å². The van der Waals surface area contributed by atoms with Gasteiger partial charge in [0.25, 0.3) is 11.8 Å². The van der Waals surface area contributed by atoms with Crippen LogP contribution in [0.1, 0.15) is 26.8 Å². The minimum absolute atomic E-state index is 0.135. The number of rotatable bonds is 6. The first kappa shape index (κ1) is 17.9. The molecule has 0 spiro atoms. The molecule has 0 aromatic carbocycles. The Bertz CT molecular complexity index is 1040. The zero-order valence-electron chi connectivity index (χ0n) is 14.1. The lowest BCUT2D eigenvalue weighted by Crippen LogP contribution is -2.25. The van der Waals surface area contributed by atoms with Crippen molar-refractivity contribution in [2.45, 2.75) is 32.4 Å². The zero-order valence-corrected chi connectivity index (χ0v) is 15.7. The molecule has 1 aliphatic carbocycles. The zero-order chi connectivity index (χ0) is 19.2. The van der Waals surface area contributed by atoms with Crippen LogP contribution >= 0.6 is 22.7 Å². The van der Waals surface area contributed by atoms with E-state index in [0.717, 1.165) is 25.6 Å². The largest absolute Gasteiger partial charge is 0.352 e. The van der Waals surface area contributed by atoms with Gasteiger partial charge >= 0.3 is 5.69 Å². The minimum Gasteiger partial charge on any atom is -0.345 e. The van der Waals surface area contributed by atoms with E-state index in [2.05, 4.69) is 20.4 Å². The molecule has 1 unspecified atom stereocenters. The molecular formula is C15H14F2N6O2S2. The summed E-state index contributed by atoms with van der Waals surface area (Å²) in [7, 11) is 0. The second kappa shape index (κ2) is 6.60. The molecule has 0 bridgehead atoms. The summed E-state index contributed by atoms with van der Waals surface area (Å²) in [6, 6.07) is 0. The smallest absolute Gasteiger partial charge is 0.345 e. The first-order chi connectivity index (χ1) is 12.8. The summed E-state index contributed by atoms with van der Waals surface area (Å²) >= 11 is 2.47. The van der Waals surface area contributed by atoms with E-state index >= 15 is 0 Å². The number of nitrogens with zero attached hydrogens (tertiary/aromatic N) is 5. The molecule has 3 aromatic heterocycles. The van der Waals surface area contributed by atoms with Crippen molar-refractivity contribution in [3.05, 3.63) is 44.0 Å². The third-order valence-electron chi connectivity index (χ3n) is 4.16. The number of alkyl halides is 2. The van der Waals surface area contributed by atoms with E-state index in [9.17, 15) is 18.4 Å². The van der Waals surface area contributed by atoms with Crippen LogP contribution in [0.3, 0.4) is 0 Å². The van der Waals surface area contributed by atoms with Gasteiger partial charge in [-0.25, -0.2) is 32.8 Å². The van der Waals surface area contributed by atoms with Crippen LogP contribution in [0.2, 0.25) is 0 Å². The van der Waals surface area contributed by atoms with Gasteiger partial charge in [-0.1, -0.05) is 11.3 Å². The molecule has 4 rings (SSSR count). The maximum atomic E-state index is 13.1. The lowest BCUT2D eigenvalue weighted by molar-refractivity contribution is 0.0936. The molecule has 1 aliphatic rings. The summed E-state index contributed by atoms with van der Waals surface area (Å²) < 4.78 is 28.3. The molecule has 1 N–H and O–H groups in total. The van der Waals surface area contributed by atoms with E-state index in [-0.39, 0.29) is 24.0 Å². The Kier molecular flexibility index (Phi) is 4.38. The number of amides is 1. The van der Waals surface area contributed by atoms with Gasteiger partial charge < -0.3 is 5.32 Å². The van der Waals surface area contributed by atoms with Gasteiger partial charge in [-0.3, -0.25) is 4.79 Å². The quantitative estimate of drug-likeness (QED) is 0.667. The summed E-state index contributed by atoms with van der Waals surface area (Å²) in [5, 5.41) is 9.51. The summed E-state index contributed by atoms with van der Waals surface area (Å²) in [6.07, 6.45) is 2.66. The average Bonchev–Trinajstić information content (AvgIpc) is 3.09. The second-order valence-corrected chi connectivity index (χ2v) is 8.10. The highest BCUT2D eigenvalue weighted by Crippen LogP contribution is 2.49. The van der Waals surface area contributed by atoms with E-state index in [1.807, 2.05) is 5.38 Å². The van der Waals surface area contributed by atoms with E-state index in [1.165, 1.54) is 17.7 Å². The maximum absolute atomic E-state index is 13.1. The van der Waals surface area contributed by atoms with Crippen molar-refractivity contribution in [3.8, 4) is 5.13 Å². The van der Waals surface area contributed by atoms with E-state index in [4.69, 9.17) is 0 Å². The fourth-order valence-corrected chi connectivity index (χ4v) is 4.05. The molecule has 3 heterocycles. The molecule has 12 heteroatoms. The Labute approximate surface area is 159 Å². The van der Waals surface area contributed by atoms with Crippen LogP contribution in [0, 0.1) is 12.8 Å². The third kappa shape index (κ3) is 3.54. The number of thiazole rings is 2. The maximum Gasteiger partial charge on any atom is 0.352 e. The molecular weight excluding hydrogens is 398 g/mol. The van der Waals surface area contributed by atoms with Crippen molar-refractivity contribution in [1.29, 1.82) is 0 Å². The van der Waals surface area contributed by atoms with E-state index < -0.39 is 17.5 Å². The topological polar surface area (TPSA) is 94.7 Å². The lowest BCUT2D eigenvalue weighted by atomic mass is 10.4. The molecule has 1 atom stereocenters. The van der Waals surface area contributed by atoms with Crippen molar-refractivity contribution in [1.82, 2.24) is 29.6 Å². The molecule has 0 saturated heterocycles. The minimum atomic E-state index is -2.72. The third-order valence-corrected chi connectivity index (χ3v) is 6.10. The summed E-state index contributed by atoms with van der Waals surface area (Å²) in [6.45, 7) is 1.83. The Morgan fingerprint density at radius 2 is 2.26 bits per heavy atom. The molecule has 27 heavy (non-hydrogen) atoms. The van der Waals surface area contributed by atoms with Gasteiger partial charge in [0.05, 0.1) is 18.8 Å². The van der Waals surface area contributed by atoms with Crippen LogP contribution in [0.15, 0.2) is 22.7 Å². The number of nitrogens with one attached hydrogen (secondary N) is 1. The SMILES string of the molecule is Cc1nc(-n2cnn(CC3CC3(F)F)c2=O)sc1C(=O)NCc1nccs1. The molecule has 0 aliphatic heterocycles. The van der Waals surface area contributed by atoms with Crippen LogP contribution in [0.5, 0.6) is 0 Å². The van der Waals surface area contributed by atoms with Gasteiger partial charge in [0.1, 0.15) is 16.2 Å². The van der Waals surface area contributed by atoms with Gasteiger partial charge in [-0.2, -0.15) is 5.10 Å². The number of carbonyl (C=O) groups is 1. The van der Waals surface area contributed by atoms with Gasteiger partial charge in [0.15, 0.2) is 5.13 Å². The molecule has 142 valence electrons. The van der Waals surface area contributed by atoms with Crippen molar-refractivity contribution in [2.24, 2.45) is 5.92 Å². The highest BCUT2D eigenvalue weighted by atomic mass is 32.1. The molecule has 8 nitrogen and oxygen atoms in total. The Balaban J connectivity index is 1.50. The Morgan fingerprint density at radius 3 is 2.93 bits per heavy atom. The number of hydrogen-bond donors (Lipinski definition) is 1. The van der Waals surface area contributed by atoms with Crippen molar-refractivity contribution in [2.75, 3.05) is 0 Å². The monoisotopic (exact) mass is 412 g/mol. The molecule has 1 saturated carbocycles. The molecule has 3 aromatic rings. The average molecular weight is 412 g/mol. The standard InChI is InChI=1S/C15H14F2N6O2S2/c1-8-11(12(24)19-5-10-18-2-3-26-10)27-13(21-8)22-7-20-23(14(22)25)6-9-4-15(9,16)17/h2-3,7,9H,4-6H2,1H3,(H,19,24). The van der Waals surface area contributed by atoms with Crippen LogP contribution in [-0.2, 0) is 13.1 Å². The number of carbonyl (C=O) groups excluding carboxylic acids is 1. The Hall–Kier alpha value is -2.47. The Morgan fingerprint density at radius 1 is 1.48 bits per heavy atom. The summed E-state index contributed by atoms with van der Waals surface area (Å²) in [5.41, 5.74) is -0.0822. The first-order valence-electron chi connectivity index (χ1n) is 8.02. The predicted octanol–water partition coefficient (Wildman–Crippen LogP) is 1.84. The summed E-state index contributed by atoms with van der Waals surface area (Å²) in [5.74, 6) is -3.89. The predicted molar refractivity (Wildman–Crippen MR) is 94.6 cm³/mol. The molecule has 1 amide bonds. The van der Waals surface area contributed by atoms with Crippen LogP contribution in [0.4, 0.5) is 8.78 Å². The lowest BCUT2D eigenvalue weighted by Gasteiger charge is -2.00.